The number of rotatable bonds is 6. The summed E-state index contributed by atoms with van der Waals surface area (Å²) in [5.41, 5.74) is 0. The summed E-state index contributed by atoms with van der Waals surface area (Å²) in [5.74, 6) is -0.845. The number of carboxylic acids is 1. The highest BCUT2D eigenvalue weighted by atomic mass is 16.4. The van der Waals surface area contributed by atoms with Crippen LogP contribution < -0.4 is 5.32 Å². The van der Waals surface area contributed by atoms with Crippen LogP contribution in [0.15, 0.2) is 0 Å². The molecule has 1 heterocycles. The average Bonchev–Trinajstić information content (AvgIpc) is 2.36. The minimum absolute atomic E-state index is 0.0529. The molecule has 3 amide bonds. The van der Waals surface area contributed by atoms with Crippen LogP contribution in [-0.2, 0) is 9.59 Å². The number of likely N-dealkylation sites (N-methyl/N-ethyl adjacent to an activating group) is 1. The number of urea groups is 1. The van der Waals surface area contributed by atoms with Gasteiger partial charge in [0.1, 0.15) is 6.54 Å². The van der Waals surface area contributed by atoms with Crippen molar-refractivity contribution in [3.05, 3.63) is 0 Å². The molecule has 0 bridgehead atoms. The van der Waals surface area contributed by atoms with Crippen LogP contribution in [0.3, 0.4) is 0 Å². The van der Waals surface area contributed by atoms with E-state index < -0.39 is 5.97 Å². The van der Waals surface area contributed by atoms with Gasteiger partial charge in [-0.3, -0.25) is 9.59 Å². The van der Waals surface area contributed by atoms with Gasteiger partial charge in [0.05, 0.1) is 0 Å². The van der Waals surface area contributed by atoms with Crippen LogP contribution in [0.4, 0.5) is 4.79 Å². The van der Waals surface area contributed by atoms with Crippen LogP contribution in [-0.4, -0.2) is 66.0 Å². The molecule has 0 aromatic rings. The SMILES string of the molecule is CN1CCN(C(=O)NCCCCCC(=O)O)CC1=O. The Kier molecular flexibility index (Phi) is 6.11. The van der Waals surface area contributed by atoms with Gasteiger partial charge >= 0.3 is 12.0 Å². The summed E-state index contributed by atoms with van der Waals surface area (Å²) in [6, 6.07) is -0.223. The predicted molar refractivity (Wildman–Crippen MR) is 68.7 cm³/mol. The van der Waals surface area contributed by atoms with Crippen LogP contribution in [0, 0.1) is 0 Å². The third-order valence-electron chi connectivity index (χ3n) is 3.09. The van der Waals surface area contributed by atoms with Crippen molar-refractivity contribution in [2.75, 3.05) is 33.2 Å². The fraction of sp³-hybridized carbons (Fsp3) is 0.750. The van der Waals surface area contributed by atoms with E-state index in [0.29, 0.717) is 26.1 Å². The monoisotopic (exact) mass is 271 g/mol. The number of amides is 3. The van der Waals surface area contributed by atoms with Gasteiger partial charge < -0.3 is 20.2 Å². The van der Waals surface area contributed by atoms with Crippen molar-refractivity contribution in [3.63, 3.8) is 0 Å². The fourth-order valence-corrected chi connectivity index (χ4v) is 1.82. The molecule has 7 nitrogen and oxygen atoms in total. The van der Waals surface area contributed by atoms with Crippen LogP contribution in [0.2, 0.25) is 0 Å². The Morgan fingerprint density at radius 3 is 2.63 bits per heavy atom. The molecular formula is C12H21N3O4. The lowest BCUT2D eigenvalue weighted by Crippen LogP contribution is -2.53. The number of nitrogens with zero attached hydrogens (tertiary/aromatic N) is 2. The summed E-state index contributed by atoms with van der Waals surface area (Å²) in [6.07, 6.45) is 2.31. The van der Waals surface area contributed by atoms with E-state index >= 15 is 0 Å². The number of piperazine rings is 1. The van der Waals surface area contributed by atoms with E-state index in [-0.39, 0.29) is 24.9 Å². The molecule has 1 rings (SSSR count). The largest absolute Gasteiger partial charge is 0.481 e. The van der Waals surface area contributed by atoms with Crippen molar-refractivity contribution < 1.29 is 19.5 Å². The van der Waals surface area contributed by atoms with Crippen molar-refractivity contribution in [3.8, 4) is 0 Å². The molecule has 1 aliphatic heterocycles. The highest BCUT2D eigenvalue weighted by molar-refractivity contribution is 5.85. The lowest BCUT2D eigenvalue weighted by atomic mass is 10.2. The Morgan fingerprint density at radius 1 is 1.26 bits per heavy atom. The van der Waals surface area contributed by atoms with Gasteiger partial charge in [0.2, 0.25) is 5.91 Å². The molecule has 19 heavy (non-hydrogen) atoms. The molecule has 0 unspecified atom stereocenters. The third-order valence-corrected chi connectivity index (χ3v) is 3.09. The van der Waals surface area contributed by atoms with Crippen molar-refractivity contribution in [2.24, 2.45) is 0 Å². The molecule has 1 aliphatic rings. The maximum absolute atomic E-state index is 11.7. The van der Waals surface area contributed by atoms with Gasteiger partial charge in [-0.2, -0.15) is 0 Å². The number of carbonyl (C=O) groups excluding carboxylic acids is 2. The zero-order chi connectivity index (χ0) is 14.3. The molecule has 0 aromatic carbocycles. The van der Waals surface area contributed by atoms with E-state index in [1.165, 1.54) is 4.90 Å². The first-order valence-electron chi connectivity index (χ1n) is 6.49. The van der Waals surface area contributed by atoms with E-state index in [1.54, 1.807) is 11.9 Å². The summed E-state index contributed by atoms with van der Waals surface area (Å²) < 4.78 is 0. The zero-order valence-corrected chi connectivity index (χ0v) is 11.2. The maximum atomic E-state index is 11.7. The first-order chi connectivity index (χ1) is 9.00. The van der Waals surface area contributed by atoms with Crippen molar-refractivity contribution in [1.29, 1.82) is 0 Å². The molecule has 0 atom stereocenters. The molecule has 0 aromatic heterocycles. The number of hydrogen-bond donors (Lipinski definition) is 2. The standard InChI is InChI=1S/C12H21N3O4/c1-14-7-8-15(9-10(14)16)12(19)13-6-4-2-3-5-11(17)18/h2-9H2,1H3,(H,13,19)(H,17,18). The number of hydrogen-bond acceptors (Lipinski definition) is 3. The lowest BCUT2D eigenvalue weighted by Gasteiger charge is -2.31. The molecule has 108 valence electrons. The van der Waals surface area contributed by atoms with Crippen molar-refractivity contribution in [1.82, 2.24) is 15.1 Å². The summed E-state index contributed by atoms with van der Waals surface area (Å²) in [7, 11) is 1.72. The highest BCUT2D eigenvalue weighted by Crippen LogP contribution is 2.02. The third kappa shape index (κ3) is 5.58. The second-order valence-electron chi connectivity index (χ2n) is 4.67. The van der Waals surface area contributed by atoms with Crippen molar-refractivity contribution in [2.45, 2.75) is 25.7 Å². The van der Waals surface area contributed by atoms with Crippen LogP contribution in [0.1, 0.15) is 25.7 Å². The van der Waals surface area contributed by atoms with Crippen LogP contribution in [0.5, 0.6) is 0 Å². The minimum atomic E-state index is -0.792. The normalized spacial score (nSPS) is 15.5. The number of aliphatic carboxylic acids is 1. The number of nitrogens with one attached hydrogen (secondary N) is 1. The summed E-state index contributed by atoms with van der Waals surface area (Å²) in [5, 5.41) is 11.2. The van der Waals surface area contributed by atoms with E-state index in [4.69, 9.17) is 5.11 Å². The molecular weight excluding hydrogens is 250 g/mol. The number of carbonyl (C=O) groups is 3. The Morgan fingerprint density at radius 2 is 2.00 bits per heavy atom. The topological polar surface area (TPSA) is 89.9 Å². The van der Waals surface area contributed by atoms with Gasteiger partial charge in [0, 0.05) is 33.1 Å². The van der Waals surface area contributed by atoms with Crippen LogP contribution in [0.25, 0.3) is 0 Å². The highest BCUT2D eigenvalue weighted by Gasteiger charge is 2.24. The quantitative estimate of drug-likeness (QED) is 0.671. The molecule has 0 aliphatic carbocycles. The van der Waals surface area contributed by atoms with Gasteiger partial charge in [0.25, 0.3) is 0 Å². The molecule has 2 N–H and O–H groups in total. The van der Waals surface area contributed by atoms with Crippen LogP contribution >= 0.6 is 0 Å². The Balaban J connectivity index is 2.11. The Labute approximate surface area is 112 Å². The molecule has 0 spiro atoms. The van der Waals surface area contributed by atoms with Crippen molar-refractivity contribution >= 4 is 17.9 Å². The summed E-state index contributed by atoms with van der Waals surface area (Å²) >= 11 is 0. The molecule has 7 heteroatoms. The van der Waals surface area contributed by atoms with Gasteiger partial charge in [-0.15, -0.1) is 0 Å². The smallest absolute Gasteiger partial charge is 0.317 e. The van der Waals surface area contributed by atoms with Gasteiger partial charge in [0.15, 0.2) is 0 Å². The van der Waals surface area contributed by atoms with Gasteiger partial charge in [-0.25, -0.2) is 4.79 Å². The second kappa shape index (κ2) is 7.60. The molecule has 0 saturated carbocycles. The Bertz CT molecular complexity index is 346. The van der Waals surface area contributed by atoms with Gasteiger partial charge in [-0.05, 0) is 12.8 Å². The second-order valence-corrected chi connectivity index (χ2v) is 4.67. The minimum Gasteiger partial charge on any atom is -0.481 e. The summed E-state index contributed by atoms with van der Waals surface area (Å²) in [4.78, 5) is 36.6. The van der Waals surface area contributed by atoms with Gasteiger partial charge in [-0.1, -0.05) is 6.42 Å². The maximum Gasteiger partial charge on any atom is 0.317 e. The lowest BCUT2D eigenvalue weighted by molar-refractivity contribution is -0.137. The average molecular weight is 271 g/mol. The first kappa shape index (κ1) is 15.3. The molecule has 1 saturated heterocycles. The number of carboxylic acid groups (broad SMARTS) is 1. The van der Waals surface area contributed by atoms with E-state index in [1.807, 2.05) is 0 Å². The van der Waals surface area contributed by atoms with E-state index in [2.05, 4.69) is 5.32 Å². The summed E-state index contributed by atoms with van der Waals surface area (Å²) in [6.45, 7) is 1.75. The fourth-order valence-electron chi connectivity index (χ4n) is 1.82. The first-order valence-corrected chi connectivity index (χ1v) is 6.49. The molecule has 1 fully saturated rings. The predicted octanol–water partition coefficient (Wildman–Crippen LogP) is 0.115. The zero-order valence-electron chi connectivity index (χ0n) is 11.2. The number of unbranched alkanes of at least 4 members (excludes halogenated alkanes) is 2. The van der Waals surface area contributed by atoms with E-state index in [9.17, 15) is 14.4 Å². The van der Waals surface area contributed by atoms with E-state index in [0.717, 1.165) is 12.8 Å². The Hall–Kier alpha value is -1.79. The molecule has 0 radical (unpaired) electrons.